The predicted molar refractivity (Wildman–Crippen MR) is 104 cm³/mol. The number of nitrogens with zero attached hydrogens (tertiary/aromatic N) is 3. The van der Waals surface area contributed by atoms with Crippen LogP contribution >= 0.6 is 11.8 Å². The van der Waals surface area contributed by atoms with Gasteiger partial charge in [-0.2, -0.15) is 0 Å². The van der Waals surface area contributed by atoms with Gasteiger partial charge in [0.2, 0.25) is 5.82 Å². The van der Waals surface area contributed by atoms with E-state index in [0.29, 0.717) is 34.6 Å². The first-order valence-corrected chi connectivity index (χ1v) is 9.52. The summed E-state index contributed by atoms with van der Waals surface area (Å²) in [5.74, 6) is 2.80. The Morgan fingerprint density at radius 2 is 1.96 bits per heavy atom. The quantitative estimate of drug-likeness (QED) is 0.327. The van der Waals surface area contributed by atoms with E-state index >= 15 is 0 Å². The second-order valence-corrected chi connectivity index (χ2v) is 6.84. The molecule has 0 spiro atoms. The highest BCUT2D eigenvalue weighted by molar-refractivity contribution is 7.99. The number of Topliss-reactive ketones (excluding diaryl/α,β-unsaturated/α-hetero) is 1. The van der Waals surface area contributed by atoms with Crippen LogP contribution in [0.25, 0.3) is 11.6 Å². The van der Waals surface area contributed by atoms with Crippen molar-refractivity contribution in [2.45, 2.75) is 11.7 Å². The average molecular weight is 395 g/mol. The molecule has 28 heavy (non-hydrogen) atoms. The van der Waals surface area contributed by atoms with Crippen molar-refractivity contribution in [3.05, 3.63) is 72.4 Å². The molecule has 0 saturated carbocycles. The number of aromatic nitrogens is 3. The summed E-state index contributed by atoms with van der Waals surface area (Å²) in [6, 6.07) is 14.4. The number of benzene rings is 1. The molecule has 0 bridgehead atoms. The van der Waals surface area contributed by atoms with Gasteiger partial charge in [0.1, 0.15) is 11.5 Å². The number of thioether (sulfide) groups is 1. The summed E-state index contributed by atoms with van der Waals surface area (Å²) >= 11 is 1.32. The van der Waals surface area contributed by atoms with Gasteiger partial charge in [-0.15, -0.1) is 10.2 Å². The van der Waals surface area contributed by atoms with Gasteiger partial charge in [0.15, 0.2) is 16.7 Å². The third-order valence-corrected chi connectivity index (χ3v) is 5.04. The molecule has 0 fully saturated rings. The molecule has 0 aliphatic carbocycles. The van der Waals surface area contributed by atoms with Crippen LogP contribution in [0.5, 0.6) is 5.75 Å². The van der Waals surface area contributed by atoms with E-state index in [2.05, 4.69) is 10.2 Å². The predicted octanol–water partition coefficient (Wildman–Crippen LogP) is 4.16. The van der Waals surface area contributed by atoms with E-state index in [1.807, 2.05) is 22.8 Å². The molecule has 1 aromatic carbocycles. The Morgan fingerprint density at radius 3 is 2.71 bits per heavy atom. The van der Waals surface area contributed by atoms with Gasteiger partial charge in [0.05, 0.1) is 31.9 Å². The van der Waals surface area contributed by atoms with Gasteiger partial charge in [-0.1, -0.05) is 23.9 Å². The van der Waals surface area contributed by atoms with E-state index in [-0.39, 0.29) is 11.5 Å². The molecular formula is C20H17N3O4S. The van der Waals surface area contributed by atoms with E-state index in [4.69, 9.17) is 13.6 Å². The summed E-state index contributed by atoms with van der Waals surface area (Å²) in [5, 5.41) is 9.10. The topological polar surface area (TPSA) is 83.3 Å². The minimum Gasteiger partial charge on any atom is -0.497 e. The Balaban J connectivity index is 1.56. The number of carbonyl (C=O) groups is 1. The molecule has 142 valence electrons. The van der Waals surface area contributed by atoms with Gasteiger partial charge >= 0.3 is 0 Å². The van der Waals surface area contributed by atoms with Crippen LogP contribution in [0.15, 0.2) is 75.0 Å². The van der Waals surface area contributed by atoms with Crippen molar-refractivity contribution in [2.24, 2.45) is 0 Å². The standard InChI is InChI=1S/C20H17N3O4S/c1-25-15-6-2-5-14(11-15)17(24)13-28-20-22-21-19(18-8-4-10-27-18)23(20)12-16-7-3-9-26-16/h2-11H,12-13H2,1H3. The lowest BCUT2D eigenvalue weighted by Gasteiger charge is -2.07. The van der Waals surface area contributed by atoms with Gasteiger partial charge in [-0.3, -0.25) is 9.36 Å². The van der Waals surface area contributed by atoms with Crippen molar-refractivity contribution >= 4 is 17.5 Å². The van der Waals surface area contributed by atoms with Gasteiger partial charge in [0.25, 0.3) is 0 Å². The molecule has 4 aromatic rings. The summed E-state index contributed by atoms with van der Waals surface area (Å²) in [6.07, 6.45) is 3.20. The van der Waals surface area contributed by atoms with E-state index in [1.54, 1.807) is 50.0 Å². The van der Waals surface area contributed by atoms with Crippen molar-refractivity contribution in [1.82, 2.24) is 14.8 Å². The van der Waals surface area contributed by atoms with Crippen molar-refractivity contribution in [3.63, 3.8) is 0 Å². The average Bonchev–Trinajstić information content (AvgIpc) is 3.49. The summed E-state index contributed by atoms with van der Waals surface area (Å²) < 4.78 is 18.0. The number of carbonyl (C=O) groups excluding carboxylic acids is 1. The Bertz CT molecular complexity index is 1060. The van der Waals surface area contributed by atoms with Crippen molar-refractivity contribution in [1.29, 1.82) is 0 Å². The molecule has 0 N–H and O–H groups in total. The second-order valence-electron chi connectivity index (χ2n) is 5.89. The zero-order chi connectivity index (χ0) is 19.3. The van der Waals surface area contributed by atoms with Crippen molar-refractivity contribution < 1.29 is 18.4 Å². The Hall–Kier alpha value is -3.26. The van der Waals surface area contributed by atoms with Gasteiger partial charge < -0.3 is 13.6 Å². The molecular weight excluding hydrogens is 378 g/mol. The van der Waals surface area contributed by atoms with E-state index in [9.17, 15) is 4.79 Å². The number of furan rings is 2. The Labute approximate surface area is 165 Å². The fraction of sp³-hybridized carbons (Fsp3) is 0.150. The molecule has 0 atom stereocenters. The Kier molecular flexibility index (Phi) is 5.29. The maximum atomic E-state index is 12.6. The van der Waals surface area contributed by atoms with Crippen LogP contribution in [0.4, 0.5) is 0 Å². The third kappa shape index (κ3) is 3.86. The van der Waals surface area contributed by atoms with Crippen molar-refractivity contribution in [2.75, 3.05) is 12.9 Å². The number of ether oxygens (including phenoxy) is 1. The molecule has 0 aliphatic rings. The monoisotopic (exact) mass is 395 g/mol. The molecule has 0 aliphatic heterocycles. The molecule has 3 aromatic heterocycles. The first kappa shape index (κ1) is 18.1. The molecule has 0 unspecified atom stereocenters. The number of hydrogen-bond acceptors (Lipinski definition) is 7. The minimum atomic E-state index is -0.0176. The normalized spacial score (nSPS) is 10.9. The van der Waals surface area contributed by atoms with Gasteiger partial charge in [-0.25, -0.2) is 0 Å². The molecule has 0 saturated heterocycles. The summed E-state index contributed by atoms with van der Waals surface area (Å²) in [7, 11) is 1.58. The first-order chi connectivity index (χ1) is 13.7. The minimum absolute atomic E-state index is 0.0176. The lowest BCUT2D eigenvalue weighted by atomic mass is 10.1. The number of methoxy groups -OCH3 is 1. The summed E-state index contributed by atoms with van der Waals surface area (Å²) in [5.41, 5.74) is 0.593. The highest BCUT2D eigenvalue weighted by Crippen LogP contribution is 2.26. The summed E-state index contributed by atoms with van der Waals surface area (Å²) in [4.78, 5) is 12.6. The third-order valence-electron chi connectivity index (χ3n) is 4.08. The van der Waals surface area contributed by atoms with Crippen LogP contribution in [0, 0.1) is 0 Å². The van der Waals surface area contributed by atoms with Crippen LogP contribution in [0.2, 0.25) is 0 Å². The zero-order valence-electron chi connectivity index (χ0n) is 15.1. The largest absolute Gasteiger partial charge is 0.497 e. The second kappa shape index (κ2) is 8.18. The smallest absolute Gasteiger partial charge is 0.200 e. The highest BCUT2D eigenvalue weighted by atomic mass is 32.2. The van der Waals surface area contributed by atoms with E-state index < -0.39 is 0 Å². The zero-order valence-corrected chi connectivity index (χ0v) is 15.9. The number of hydrogen-bond donors (Lipinski definition) is 0. The Morgan fingerprint density at radius 1 is 1.11 bits per heavy atom. The number of rotatable bonds is 8. The maximum Gasteiger partial charge on any atom is 0.200 e. The van der Waals surface area contributed by atoms with Crippen LogP contribution in [-0.4, -0.2) is 33.4 Å². The van der Waals surface area contributed by atoms with Crippen molar-refractivity contribution in [3.8, 4) is 17.3 Å². The SMILES string of the molecule is COc1cccc(C(=O)CSc2nnc(-c3ccco3)n2Cc2ccco2)c1. The van der Waals surface area contributed by atoms with Crippen LogP contribution in [0.1, 0.15) is 16.1 Å². The van der Waals surface area contributed by atoms with Gasteiger partial charge in [-0.05, 0) is 36.4 Å². The molecule has 3 heterocycles. The molecule has 4 rings (SSSR count). The van der Waals surface area contributed by atoms with Crippen LogP contribution < -0.4 is 4.74 Å². The molecule has 0 amide bonds. The first-order valence-electron chi connectivity index (χ1n) is 8.54. The van der Waals surface area contributed by atoms with E-state index in [1.165, 1.54) is 11.8 Å². The lowest BCUT2D eigenvalue weighted by molar-refractivity contribution is 0.102. The molecule has 7 nitrogen and oxygen atoms in total. The maximum absolute atomic E-state index is 12.6. The fourth-order valence-corrected chi connectivity index (χ4v) is 3.53. The summed E-state index contributed by atoms with van der Waals surface area (Å²) in [6.45, 7) is 0.436. The number of ketones is 1. The van der Waals surface area contributed by atoms with Gasteiger partial charge in [0, 0.05) is 5.56 Å². The molecule has 0 radical (unpaired) electrons. The van der Waals surface area contributed by atoms with E-state index in [0.717, 1.165) is 5.76 Å². The van der Waals surface area contributed by atoms with Crippen LogP contribution in [-0.2, 0) is 6.54 Å². The molecule has 8 heteroatoms. The fourth-order valence-electron chi connectivity index (χ4n) is 2.69. The lowest BCUT2D eigenvalue weighted by Crippen LogP contribution is -2.06. The van der Waals surface area contributed by atoms with Crippen LogP contribution in [0.3, 0.4) is 0 Å². The highest BCUT2D eigenvalue weighted by Gasteiger charge is 2.19.